The van der Waals surface area contributed by atoms with Crippen molar-refractivity contribution in [1.29, 1.82) is 0 Å². The number of hydrogen-bond donors (Lipinski definition) is 2. The molecule has 0 saturated heterocycles. The van der Waals surface area contributed by atoms with Gasteiger partial charge in [-0.25, -0.2) is 0 Å². The smallest absolute Gasteiger partial charge is 0.245 e. The number of para-hydroxylation sites is 1. The van der Waals surface area contributed by atoms with Crippen molar-refractivity contribution in [2.75, 3.05) is 5.32 Å². The van der Waals surface area contributed by atoms with Crippen LogP contribution in [-0.4, -0.2) is 5.91 Å². The molecule has 3 nitrogen and oxygen atoms in total. The van der Waals surface area contributed by atoms with Crippen molar-refractivity contribution in [1.82, 2.24) is 0 Å². The van der Waals surface area contributed by atoms with E-state index in [-0.39, 0.29) is 0 Å². The Morgan fingerprint density at radius 1 is 1.37 bits per heavy atom. The van der Waals surface area contributed by atoms with E-state index in [1.165, 1.54) is 11.3 Å². The van der Waals surface area contributed by atoms with Gasteiger partial charge in [-0.05, 0) is 50.1 Å². The molecular weight excluding hydrogens is 415 g/mol. The summed E-state index contributed by atoms with van der Waals surface area (Å²) >= 11 is 14.3. The SMILES string of the molecule is NC(=O)C(Nc1ccccc1Cl)c1cc(Br)c(Br)s1. The lowest BCUT2D eigenvalue weighted by atomic mass is 10.2. The number of thiophene rings is 1. The Labute approximate surface area is 136 Å². The van der Waals surface area contributed by atoms with Crippen LogP contribution >= 0.6 is 54.8 Å². The van der Waals surface area contributed by atoms with Crippen LogP contribution in [-0.2, 0) is 4.79 Å². The van der Waals surface area contributed by atoms with Crippen molar-refractivity contribution in [3.8, 4) is 0 Å². The third-order valence-electron chi connectivity index (χ3n) is 2.41. The molecule has 1 aromatic heterocycles. The van der Waals surface area contributed by atoms with Crippen molar-refractivity contribution < 1.29 is 4.79 Å². The quantitative estimate of drug-likeness (QED) is 0.756. The molecule has 1 heterocycles. The van der Waals surface area contributed by atoms with E-state index in [1.807, 2.05) is 18.2 Å². The molecule has 0 saturated carbocycles. The Morgan fingerprint density at radius 2 is 2.05 bits per heavy atom. The van der Waals surface area contributed by atoms with Gasteiger partial charge in [-0.1, -0.05) is 23.7 Å². The lowest BCUT2D eigenvalue weighted by Gasteiger charge is -2.16. The highest BCUT2D eigenvalue weighted by molar-refractivity contribution is 9.13. The van der Waals surface area contributed by atoms with Crippen LogP contribution in [0.4, 0.5) is 5.69 Å². The molecular formula is C12H9Br2ClN2OS. The van der Waals surface area contributed by atoms with Gasteiger partial charge in [-0.3, -0.25) is 4.79 Å². The lowest BCUT2D eigenvalue weighted by molar-refractivity contribution is -0.118. The monoisotopic (exact) mass is 422 g/mol. The van der Waals surface area contributed by atoms with Gasteiger partial charge in [0.25, 0.3) is 0 Å². The van der Waals surface area contributed by atoms with Gasteiger partial charge in [0.05, 0.1) is 14.5 Å². The molecule has 0 bridgehead atoms. The van der Waals surface area contributed by atoms with Crippen LogP contribution in [0.5, 0.6) is 0 Å². The summed E-state index contributed by atoms with van der Waals surface area (Å²) in [5.41, 5.74) is 6.13. The Bertz CT molecular complexity index is 598. The van der Waals surface area contributed by atoms with E-state index in [1.54, 1.807) is 12.1 Å². The van der Waals surface area contributed by atoms with E-state index < -0.39 is 11.9 Å². The van der Waals surface area contributed by atoms with Gasteiger partial charge in [0, 0.05) is 9.35 Å². The highest BCUT2D eigenvalue weighted by Crippen LogP contribution is 2.37. The molecule has 0 spiro atoms. The molecule has 0 fully saturated rings. The third kappa shape index (κ3) is 3.51. The van der Waals surface area contributed by atoms with Gasteiger partial charge in [0.1, 0.15) is 6.04 Å². The Balaban J connectivity index is 2.32. The molecule has 1 aromatic carbocycles. The molecule has 0 aliphatic heterocycles. The van der Waals surface area contributed by atoms with E-state index in [4.69, 9.17) is 17.3 Å². The number of benzene rings is 1. The van der Waals surface area contributed by atoms with Crippen LogP contribution in [0.15, 0.2) is 38.6 Å². The molecule has 7 heteroatoms. The van der Waals surface area contributed by atoms with Gasteiger partial charge in [0.2, 0.25) is 5.91 Å². The molecule has 0 radical (unpaired) electrons. The zero-order valence-electron chi connectivity index (χ0n) is 9.49. The second-order valence-corrected chi connectivity index (χ2v) is 7.39. The fourth-order valence-corrected chi connectivity index (χ4v) is 3.86. The van der Waals surface area contributed by atoms with E-state index >= 15 is 0 Å². The Morgan fingerprint density at radius 3 is 2.58 bits per heavy atom. The van der Waals surface area contributed by atoms with Crippen molar-refractivity contribution in [3.05, 3.63) is 48.5 Å². The summed E-state index contributed by atoms with van der Waals surface area (Å²) in [5.74, 6) is -0.457. The fraction of sp³-hybridized carbons (Fsp3) is 0.0833. The number of hydrogen-bond acceptors (Lipinski definition) is 3. The molecule has 3 N–H and O–H groups in total. The summed E-state index contributed by atoms with van der Waals surface area (Å²) in [6.07, 6.45) is 0. The predicted octanol–water partition coefficient (Wildman–Crippen LogP) is 4.57. The zero-order valence-corrected chi connectivity index (χ0v) is 14.2. The maximum atomic E-state index is 11.6. The minimum Gasteiger partial charge on any atom is -0.368 e. The number of anilines is 1. The van der Waals surface area contributed by atoms with Gasteiger partial charge in [0.15, 0.2) is 0 Å². The average Bonchev–Trinajstić information content (AvgIpc) is 2.68. The first-order valence-corrected chi connectivity index (χ1v) is 8.02. The number of primary amides is 1. The number of rotatable bonds is 4. The summed E-state index contributed by atoms with van der Waals surface area (Å²) in [6, 6.07) is 8.46. The molecule has 0 aliphatic carbocycles. The van der Waals surface area contributed by atoms with Crippen LogP contribution in [0, 0.1) is 0 Å². The zero-order chi connectivity index (χ0) is 14.0. The highest BCUT2D eigenvalue weighted by atomic mass is 79.9. The standard InChI is InChI=1S/C12H9Br2ClN2OS/c13-6-5-9(19-11(6)14)10(12(16)18)17-8-4-2-1-3-7(8)15/h1-5,10,17H,(H2,16,18). The van der Waals surface area contributed by atoms with Gasteiger partial charge >= 0.3 is 0 Å². The third-order valence-corrected chi connectivity index (χ3v) is 6.06. The number of nitrogens with one attached hydrogen (secondary N) is 1. The summed E-state index contributed by atoms with van der Waals surface area (Å²) in [4.78, 5) is 12.4. The number of carbonyl (C=O) groups is 1. The van der Waals surface area contributed by atoms with Crippen molar-refractivity contribution in [2.45, 2.75) is 6.04 Å². The summed E-state index contributed by atoms with van der Waals surface area (Å²) in [5, 5.41) is 3.61. The molecule has 1 atom stereocenters. The summed E-state index contributed by atoms with van der Waals surface area (Å²) in [6.45, 7) is 0. The highest BCUT2D eigenvalue weighted by Gasteiger charge is 2.21. The summed E-state index contributed by atoms with van der Waals surface area (Å²) in [7, 11) is 0. The first-order chi connectivity index (χ1) is 8.99. The lowest BCUT2D eigenvalue weighted by Crippen LogP contribution is -2.27. The van der Waals surface area contributed by atoms with E-state index in [0.29, 0.717) is 10.7 Å². The van der Waals surface area contributed by atoms with E-state index in [0.717, 1.165) is 13.1 Å². The van der Waals surface area contributed by atoms with Crippen LogP contribution in [0.3, 0.4) is 0 Å². The number of amides is 1. The van der Waals surface area contributed by atoms with Crippen LogP contribution in [0.25, 0.3) is 0 Å². The van der Waals surface area contributed by atoms with Gasteiger partial charge in [-0.2, -0.15) is 0 Å². The predicted molar refractivity (Wildman–Crippen MR) is 86.7 cm³/mol. The largest absolute Gasteiger partial charge is 0.368 e. The molecule has 0 aliphatic rings. The second kappa shape index (κ2) is 6.26. The van der Waals surface area contributed by atoms with Crippen molar-refractivity contribution in [3.63, 3.8) is 0 Å². The first kappa shape index (κ1) is 14.8. The Hall–Kier alpha value is -0.560. The van der Waals surface area contributed by atoms with Crippen LogP contribution in [0.1, 0.15) is 10.9 Å². The van der Waals surface area contributed by atoms with Crippen molar-refractivity contribution in [2.24, 2.45) is 5.73 Å². The minimum absolute atomic E-state index is 0.457. The molecule has 1 amide bonds. The first-order valence-electron chi connectivity index (χ1n) is 5.24. The van der Waals surface area contributed by atoms with Gasteiger partial charge in [-0.15, -0.1) is 11.3 Å². The fourth-order valence-electron chi connectivity index (χ4n) is 1.52. The summed E-state index contributed by atoms with van der Waals surface area (Å²) < 4.78 is 1.80. The van der Waals surface area contributed by atoms with Crippen molar-refractivity contribution >= 4 is 66.4 Å². The number of nitrogens with two attached hydrogens (primary N) is 1. The minimum atomic E-state index is -0.618. The molecule has 19 heavy (non-hydrogen) atoms. The topological polar surface area (TPSA) is 55.1 Å². The number of carbonyl (C=O) groups excluding carboxylic acids is 1. The maximum absolute atomic E-state index is 11.6. The normalized spacial score (nSPS) is 12.2. The van der Waals surface area contributed by atoms with Crippen LogP contribution < -0.4 is 11.1 Å². The maximum Gasteiger partial charge on any atom is 0.245 e. The van der Waals surface area contributed by atoms with Gasteiger partial charge < -0.3 is 11.1 Å². The molecule has 2 rings (SSSR count). The molecule has 1 unspecified atom stereocenters. The van der Waals surface area contributed by atoms with E-state index in [9.17, 15) is 4.79 Å². The molecule has 100 valence electrons. The van der Waals surface area contributed by atoms with Crippen LogP contribution in [0.2, 0.25) is 5.02 Å². The second-order valence-electron chi connectivity index (χ2n) is 3.73. The number of halogens is 3. The average molecular weight is 425 g/mol. The Kier molecular flexibility index (Phi) is 4.89. The molecule has 2 aromatic rings. The van der Waals surface area contributed by atoms with E-state index in [2.05, 4.69) is 37.2 Å².